The van der Waals surface area contributed by atoms with Crippen LogP contribution in [0.25, 0.3) is 0 Å². The van der Waals surface area contributed by atoms with Crippen molar-refractivity contribution in [2.45, 2.75) is 31.9 Å². The highest BCUT2D eigenvalue weighted by atomic mass is 19.4. The molecule has 2 fully saturated rings. The maximum Gasteiger partial charge on any atom is 0.389 e. The zero-order chi connectivity index (χ0) is 13.2. The highest BCUT2D eigenvalue weighted by Gasteiger charge is 2.33. The highest BCUT2D eigenvalue weighted by molar-refractivity contribution is 5.76. The van der Waals surface area contributed by atoms with E-state index in [-0.39, 0.29) is 5.91 Å². The van der Waals surface area contributed by atoms with Crippen molar-refractivity contribution in [3.8, 4) is 0 Å². The molecule has 0 saturated carbocycles. The van der Waals surface area contributed by atoms with Crippen molar-refractivity contribution < 1.29 is 18.0 Å². The number of hydrogen-bond acceptors (Lipinski definition) is 2. The number of alkyl halides is 3. The summed E-state index contributed by atoms with van der Waals surface area (Å²) in [6, 6.07) is 0. The van der Waals surface area contributed by atoms with E-state index >= 15 is 0 Å². The summed E-state index contributed by atoms with van der Waals surface area (Å²) in [5.41, 5.74) is 0. The lowest BCUT2D eigenvalue weighted by molar-refractivity contribution is -0.149. The van der Waals surface area contributed by atoms with Crippen molar-refractivity contribution in [3.63, 3.8) is 0 Å². The molecule has 0 aromatic heterocycles. The Morgan fingerprint density at radius 2 is 1.72 bits per heavy atom. The maximum absolute atomic E-state index is 12.1. The normalized spacial score (nSPS) is 28.9. The van der Waals surface area contributed by atoms with E-state index in [1.165, 1.54) is 0 Å². The van der Waals surface area contributed by atoms with Gasteiger partial charge in [0.05, 0.1) is 6.42 Å². The minimum Gasteiger partial charge on any atom is -0.343 e. The Hall–Kier alpha value is -0.780. The molecule has 18 heavy (non-hydrogen) atoms. The van der Waals surface area contributed by atoms with E-state index in [9.17, 15) is 18.0 Å². The van der Waals surface area contributed by atoms with E-state index < -0.39 is 19.0 Å². The van der Waals surface area contributed by atoms with Crippen molar-refractivity contribution in [2.24, 2.45) is 11.8 Å². The smallest absolute Gasteiger partial charge is 0.343 e. The topological polar surface area (TPSA) is 32.3 Å². The average Bonchev–Trinajstić information content (AvgIpc) is 2.64. The maximum atomic E-state index is 12.1. The first-order chi connectivity index (χ1) is 8.46. The fraction of sp³-hybridized carbons (Fsp3) is 0.917. The van der Waals surface area contributed by atoms with Gasteiger partial charge in [-0.05, 0) is 37.8 Å². The van der Waals surface area contributed by atoms with Crippen LogP contribution in [0.15, 0.2) is 0 Å². The van der Waals surface area contributed by atoms with E-state index in [0.29, 0.717) is 24.9 Å². The summed E-state index contributed by atoms with van der Waals surface area (Å²) < 4.78 is 36.2. The third-order valence-corrected chi connectivity index (χ3v) is 3.99. The molecular formula is C12H19F3N2O. The Labute approximate surface area is 105 Å². The number of carbonyl (C=O) groups is 1. The second-order valence-electron chi connectivity index (χ2n) is 5.25. The fourth-order valence-corrected chi connectivity index (χ4v) is 2.87. The standard InChI is InChI=1S/C12H19F3N2O/c13-12(14,15)4-1-11(18)17-5-2-9-7-16-8-10(9)3-6-17/h9-10,16H,1-8H2/t9-,10+. The fourth-order valence-electron chi connectivity index (χ4n) is 2.87. The first-order valence-corrected chi connectivity index (χ1v) is 6.51. The SMILES string of the molecule is O=C(CCC(F)(F)F)N1CC[C@@H]2CNC[C@@H]2CC1. The van der Waals surface area contributed by atoms with Gasteiger partial charge < -0.3 is 10.2 Å². The average molecular weight is 264 g/mol. The Bertz CT molecular complexity index is 292. The first-order valence-electron chi connectivity index (χ1n) is 6.51. The summed E-state index contributed by atoms with van der Waals surface area (Å²) in [6.07, 6.45) is -3.82. The van der Waals surface area contributed by atoms with Crippen LogP contribution in [0.5, 0.6) is 0 Å². The zero-order valence-electron chi connectivity index (χ0n) is 10.3. The number of hydrogen-bond donors (Lipinski definition) is 1. The van der Waals surface area contributed by atoms with Gasteiger partial charge in [0.2, 0.25) is 5.91 Å². The molecule has 1 N–H and O–H groups in total. The molecule has 1 amide bonds. The summed E-state index contributed by atoms with van der Waals surface area (Å²) in [6.45, 7) is 3.18. The van der Waals surface area contributed by atoms with E-state index in [1.54, 1.807) is 4.90 Å². The van der Waals surface area contributed by atoms with Crippen molar-refractivity contribution in [1.82, 2.24) is 10.2 Å². The summed E-state index contributed by atoms with van der Waals surface area (Å²) in [5.74, 6) is 0.830. The Kier molecular flexibility index (Phi) is 4.14. The predicted molar refractivity (Wildman–Crippen MR) is 61.0 cm³/mol. The Balaban J connectivity index is 1.81. The van der Waals surface area contributed by atoms with Crippen LogP contribution in [0.2, 0.25) is 0 Å². The van der Waals surface area contributed by atoms with Gasteiger partial charge in [-0.1, -0.05) is 0 Å². The predicted octanol–water partition coefficient (Wildman–Crippen LogP) is 1.79. The summed E-state index contributed by atoms with van der Waals surface area (Å²) in [5, 5.41) is 3.33. The molecule has 0 aromatic carbocycles. The van der Waals surface area contributed by atoms with E-state index in [1.807, 2.05) is 0 Å². The molecule has 2 atom stereocenters. The number of halogens is 3. The minimum absolute atomic E-state index is 0.347. The van der Waals surface area contributed by atoms with Gasteiger partial charge in [0.25, 0.3) is 0 Å². The largest absolute Gasteiger partial charge is 0.389 e. The number of amides is 1. The van der Waals surface area contributed by atoms with E-state index in [0.717, 1.165) is 25.9 Å². The molecule has 2 aliphatic heterocycles. The van der Waals surface area contributed by atoms with Gasteiger partial charge in [0.15, 0.2) is 0 Å². The summed E-state index contributed by atoms with van der Waals surface area (Å²) in [4.78, 5) is 13.3. The van der Waals surface area contributed by atoms with Crippen LogP contribution in [0, 0.1) is 11.8 Å². The van der Waals surface area contributed by atoms with Crippen molar-refractivity contribution in [3.05, 3.63) is 0 Å². The van der Waals surface area contributed by atoms with Gasteiger partial charge in [0.1, 0.15) is 0 Å². The second-order valence-corrected chi connectivity index (χ2v) is 5.25. The molecule has 0 aromatic rings. The Morgan fingerprint density at radius 3 is 2.22 bits per heavy atom. The van der Waals surface area contributed by atoms with Gasteiger partial charge in [-0.25, -0.2) is 0 Å². The lowest BCUT2D eigenvalue weighted by atomic mass is 9.92. The van der Waals surface area contributed by atoms with E-state index in [2.05, 4.69) is 5.32 Å². The van der Waals surface area contributed by atoms with Crippen LogP contribution >= 0.6 is 0 Å². The van der Waals surface area contributed by atoms with Gasteiger partial charge in [-0.3, -0.25) is 4.79 Å². The van der Waals surface area contributed by atoms with Crippen molar-refractivity contribution in [2.75, 3.05) is 26.2 Å². The summed E-state index contributed by atoms with van der Waals surface area (Å²) in [7, 11) is 0. The van der Waals surface area contributed by atoms with Crippen LogP contribution in [-0.4, -0.2) is 43.2 Å². The Morgan fingerprint density at radius 1 is 1.17 bits per heavy atom. The quantitative estimate of drug-likeness (QED) is 0.824. The zero-order valence-corrected chi connectivity index (χ0v) is 10.3. The highest BCUT2D eigenvalue weighted by Crippen LogP contribution is 2.28. The molecule has 0 spiro atoms. The molecule has 2 rings (SSSR count). The molecule has 3 nitrogen and oxygen atoms in total. The molecule has 2 aliphatic rings. The number of rotatable bonds is 2. The van der Waals surface area contributed by atoms with Crippen LogP contribution in [0.3, 0.4) is 0 Å². The first kappa shape index (κ1) is 13.6. The lowest BCUT2D eigenvalue weighted by Crippen LogP contribution is -2.33. The number of fused-ring (bicyclic) bond motifs is 1. The molecule has 2 saturated heterocycles. The molecule has 0 aliphatic carbocycles. The van der Waals surface area contributed by atoms with Crippen molar-refractivity contribution in [1.29, 1.82) is 0 Å². The van der Waals surface area contributed by atoms with Gasteiger partial charge in [-0.2, -0.15) is 13.2 Å². The van der Waals surface area contributed by atoms with Gasteiger partial charge in [-0.15, -0.1) is 0 Å². The number of nitrogens with zero attached hydrogens (tertiary/aromatic N) is 1. The molecule has 0 bridgehead atoms. The monoisotopic (exact) mass is 264 g/mol. The third-order valence-electron chi connectivity index (χ3n) is 3.99. The van der Waals surface area contributed by atoms with Crippen LogP contribution < -0.4 is 5.32 Å². The second kappa shape index (κ2) is 5.47. The molecular weight excluding hydrogens is 245 g/mol. The van der Waals surface area contributed by atoms with Gasteiger partial charge in [0, 0.05) is 19.5 Å². The summed E-state index contributed by atoms with van der Waals surface area (Å²) >= 11 is 0. The molecule has 104 valence electrons. The number of carbonyl (C=O) groups excluding carboxylic acids is 1. The van der Waals surface area contributed by atoms with E-state index in [4.69, 9.17) is 0 Å². The molecule has 2 heterocycles. The third kappa shape index (κ3) is 3.60. The molecule has 0 unspecified atom stereocenters. The molecule has 0 radical (unpaired) electrons. The number of likely N-dealkylation sites (tertiary alicyclic amines) is 1. The van der Waals surface area contributed by atoms with Crippen molar-refractivity contribution >= 4 is 5.91 Å². The van der Waals surface area contributed by atoms with Crippen LogP contribution in [0.4, 0.5) is 13.2 Å². The number of nitrogens with one attached hydrogen (secondary N) is 1. The molecule has 6 heteroatoms. The minimum atomic E-state index is -4.23. The lowest BCUT2D eigenvalue weighted by Gasteiger charge is -2.21. The van der Waals surface area contributed by atoms with Crippen LogP contribution in [-0.2, 0) is 4.79 Å². The van der Waals surface area contributed by atoms with Crippen LogP contribution in [0.1, 0.15) is 25.7 Å². The van der Waals surface area contributed by atoms with Gasteiger partial charge >= 0.3 is 6.18 Å².